The predicted octanol–water partition coefficient (Wildman–Crippen LogP) is 2.86. The number of hydrogen-bond acceptors (Lipinski definition) is 2. The smallest absolute Gasteiger partial charge is 0.426 e. The normalized spacial score (nSPS) is 20.9. The number of hydrogen-bond donors (Lipinski definition) is 1. The molecule has 2 nitrogen and oxygen atoms in total. The fourth-order valence-corrected chi connectivity index (χ4v) is 1.93. The van der Waals surface area contributed by atoms with Crippen molar-refractivity contribution in [3.8, 4) is 5.75 Å². The van der Waals surface area contributed by atoms with Crippen molar-refractivity contribution < 1.29 is 17.9 Å². The van der Waals surface area contributed by atoms with E-state index in [1.807, 2.05) is 0 Å². The zero-order valence-electron chi connectivity index (χ0n) is 8.14. The summed E-state index contributed by atoms with van der Waals surface area (Å²) in [6, 6.07) is 4.96. The van der Waals surface area contributed by atoms with Crippen molar-refractivity contribution >= 4 is 15.9 Å². The number of alkyl halides is 3. The molecule has 1 aromatic carbocycles. The monoisotopic (exact) mass is 295 g/mol. The number of fused-ring (bicyclic) bond motifs is 1. The Labute approximate surface area is 98.9 Å². The Balaban J connectivity index is 2.28. The van der Waals surface area contributed by atoms with Crippen LogP contribution in [0.3, 0.4) is 0 Å². The van der Waals surface area contributed by atoms with Crippen LogP contribution in [-0.4, -0.2) is 18.8 Å². The first kappa shape index (κ1) is 11.7. The molecule has 88 valence electrons. The third-order valence-electron chi connectivity index (χ3n) is 2.30. The average Bonchev–Trinajstić information content (AvgIpc) is 2.38. The van der Waals surface area contributed by atoms with Crippen LogP contribution in [0.1, 0.15) is 5.56 Å². The zero-order chi connectivity index (χ0) is 11.8. The van der Waals surface area contributed by atoms with Gasteiger partial charge in [0.15, 0.2) is 0 Å². The topological polar surface area (TPSA) is 21.3 Å². The Hall–Kier alpha value is -0.750. The highest BCUT2D eigenvalue weighted by Crippen LogP contribution is 2.30. The molecule has 0 radical (unpaired) electrons. The van der Waals surface area contributed by atoms with E-state index in [1.165, 1.54) is 0 Å². The summed E-state index contributed by atoms with van der Waals surface area (Å²) in [4.78, 5) is 0. The van der Waals surface area contributed by atoms with Gasteiger partial charge < -0.3 is 10.1 Å². The highest BCUT2D eigenvalue weighted by Gasteiger charge is 2.42. The molecule has 1 aliphatic heterocycles. The van der Waals surface area contributed by atoms with E-state index in [0.29, 0.717) is 6.54 Å². The van der Waals surface area contributed by atoms with Gasteiger partial charge in [-0.1, -0.05) is 15.9 Å². The first-order chi connectivity index (χ1) is 7.47. The van der Waals surface area contributed by atoms with Crippen LogP contribution < -0.4 is 10.1 Å². The average molecular weight is 296 g/mol. The Morgan fingerprint density at radius 2 is 2.12 bits per heavy atom. The van der Waals surface area contributed by atoms with Crippen LogP contribution in [0.5, 0.6) is 5.75 Å². The fourth-order valence-electron chi connectivity index (χ4n) is 1.52. The molecule has 0 aromatic heterocycles. The van der Waals surface area contributed by atoms with Gasteiger partial charge in [-0.2, -0.15) is 13.2 Å². The first-order valence-corrected chi connectivity index (χ1v) is 5.48. The minimum atomic E-state index is -4.35. The molecule has 0 fully saturated rings. The summed E-state index contributed by atoms with van der Waals surface area (Å²) in [5.41, 5.74) is 0.723. The Kier molecular flexibility index (Phi) is 3.12. The summed E-state index contributed by atoms with van der Waals surface area (Å²) >= 11 is 3.26. The minimum absolute atomic E-state index is 0.226. The van der Waals surface area contributed by atoms with E-state index in [-0.39, 0.29) is 12.3 Å². The number of halogens is 4. The molecule has 1 atom stereocenters. The molecule has 0 aliphatic carbocycles. The van der Waals surface area contributed by atoms with Gasteiger partial charge in [-0.05, 0) is 18.2 Å². The summed E-state index contributed by atoms with van der Waals surface area (Å²) in [5.74, 6) is 0.288. The van der Waals surface area contributed by atoms with E-state index in [0.717, 1.165) is 10.0 Å². The molecule has 0 saturated heterocycles. The minimum Gasteiger partial charge on any atom is -0.479 e. The SMILES string of the molecule is FC(F)(F)C1CNCc2cc(Br)ccc2O1. The standard InChI is InChI=1S/C10H9BrF3NO/c11-7-1-2-8-6(3-7)4-15-5-9(16-8)10(12,13)14/h1-3,9,15H,4-5H2. The lowest BCUT2D eigenvalue weighted by atomic mass is 10.2. The van der Waals surface area contributed by atoms with Crippen LogP contribution in [-0.2, 0) is 6.54 Å². The molecule has 6 heteroatoms. The van der Waals surface area contributed by atoms with E-state index >= 15 is 0 Å². The van der Waals surface area contributed by atoms with Gasteiger partial charge in [-0.15, -0.1) is 0 Å². The van der Waals surface area contributed by atoms with Crippen LogP contribution in [0.15, 0.2) is 22.7 Å². The lowest BCUT2D eigenvalue weighted by Crippen LogP contribution is -2.41. The molecular weight excluding hydrogens is 287 g/mol. The molecule has 2 rings (SSSR count). The third-order valence-corrected chi connectivity index (χ3v) is 2.80. The first-order valence-electron chi connectivity index (χ1n) is 4.69. The van der Waals surface area contributed by atoms with Crippen molar-refractivity contribution in [3.63, 3.8) is 0 Å². The number of benzene rings is 1. The van der Waals surface area contributed by atoms with Crippen molar-refractivity contribution in [2.24, 2.45) is 0 Å². The molecule has 1 unspecified atom stereocenters. The summed E-state index contributed by atoms with van der Waals surface area (Å²) < 4.78 is 43.4. The predicted molar refractivity (Wildman–Crippen MR) is 56.3 cm³/mol. The van der Waals surface area contributed by atoms with Crippen LogP contribution in [0.25, 0.3) is 0 Å². The van der Waals surface area contributed by atoms with Crippen molar-refractivity contribution in [2.45, 2.75) is 18.8 Å². The van der Waals surface area contributed by atoms with E-state index in [2.05, 4.69) is 21.2 Å². The maximum absolute atomic E-state index is 12.5. The maximum atomic E-state index is 12.5. The third kappa shape index (κ3) is 2.49. The van der Waals surface area contributed by atoms with Gasteiger partial charge in [0, 0.05) is 23.1 Å². The van der Waals surface area contributed by atoms with Gasteiger partial charge >= 0.3 is 6.18 Å². The quantitative estimate of drug-likeness (QED) is 0.795. The molecule has 0 spiro atoms. The largest absolute Gasteiger partial charge is 0.479 e. The summed E-state index contributed by atoms with van der Waals surface area (Å²) in [7, 11) is 0. The molecule has 1 N–H and O–H groups in total. The van der Waals surface area contributed by atoms with Crippen molar-refractivity contribution in [3.05, 3.63) is 28.2 Å². The van der Waals surface area contributed by atoms with E-state index < -0.39 is 12.3 Å². The molecule has 1 heterocycles. The van der Waals surface area contributed by atoms with Crippen LogP contribution in [0, 0.1) is 0 Å². The number of ether oxygens (including phenoxy) is 1. The second kappa shape index (κ2) is 4.25. The Morgan fingerprint density at radius 3 is 2.81 bits per heavy atom. The lowest BCUT2D eigenvalue weighted by Gasteiger charge is -2.19. The highest BCUT2D eigenvalue weighted by molar-refractivity contribution is 9.10. The summed E-state index contributed by atoms with van der Waals surface area (Å²) in [6.45, 7) is 0.150. The van der Waals surface area contributed by atoms with Gasteiger partial charge in [0.25, 0.3) is 0 Å². The van der Waals surface area contributed by atoms with E-state index in [9.17, 15) is 13.2 Å². The van der Waals surface area contributed by atoms with E-state index in [1.54, 1.807) is 18.2 Å². The van der Waals surface area contributed by atoms with Crippen molar-refractivity contribution in [2.75, 3.05) is 6.54 Å². The second-order valence-corrected chi connectivity index (χ2v) is 4.45. The number of rotatable bonds is 0. The summed E-state index contributed by atoms with van der Waals surface area (Å²) in [5, 5.41) is 2.72. The highest BCUT2D eigenvalue weighted by atomic mass is 79.9. The van der Waals surface area contributed by atoms with Gasteiger partial charge in [-0.25, -0.2) is 0 Å². The Morgan fingerprint density at radius 1 is 1.38 bits per heavy atom. The van der Waals surface area contributed by atoms with Crippen LogP contribution in [0.2, 0.25) is 0 Å². The zero-order valence-corrected chi connectivity index (χ0v) is 9.73. The lowest BCUT2D eigenvalue weighted by molar-refractivity contribution is -0.192. The molecule has 0 bridgehead atoms. The molecule has 1 aromatic rings. The van der Waals surface area contributed by atoms with Crippen molar-refractivity contribution in [1.29, 1.82) is 0 Å². The molecule has 1 aliphatic rings. The number of nitrogens with one attached hydrogen (secondary N) is 1. The van der Waals surface area contributed by atoms with Gasteiger partial charge in [-0.3, -0.25) is 0 Å². The van der Waals surface area contributed by atoms with Crippen molar-refractivity contribution in [1.82, 2.24) is 5.32 Å². The molecular formula is C10H9BrF3NO. The van der Waals surface area contributed by atoms with Gasteiger partial charge in [0.1, 0.15) is 5.75 Å². The van der Waals surface area contributed by atoms with Crippen LogP contribution in [0.4, 0.5) is 13.2 Å². The van der Waals surface area contributed by atoms with E-state index in [4.69, 9.17) is 4.74 Å². The summed E-state index contributed by atoms with van der Waals surface area (Å²) in [6.07, 6.45) is -6.13. The molecule has 16 heavy (non-hydrogen) atoms. The Bertz CT molecular complexity index is 394. The van der Waals surface area contributed by atoms with Gasteiger partial charge in [0.05, 0.1) is 0 Å². The molecule has 0 amide bonds. The second-order valence-electron chi connectivity index (χ2n) is 3.53. The fraction of sp³-hybridized carbons (Fsp3) is 0.400. The van der Waals surface area contributed by atoms with Gasteiger partial charge in [0.2, 0.25) is 6.10 Å². The molecule has 0 saturated carbocycles. The van der Waals surface area contributed by atoms with Crippen LogP contribution >= 0.6 is 15.9 Å². The maximum Gasteiger partial charge on any atom is 0.426 e.